The molecule has 0 saturated heterocycles. The molecule has 0 fully saturated rings. The zero-order valence-corrected chi connectivity index (χ0v) is 8.82. The first-order chi connectivity index (χ1) is 6.98. The molecular weight excluding hydrogens is 220 g/mol. The second kappa shape index (κ2) is 4.41. The van der Waals surface area contributed by atoms with Gasteiger partial charge in [-0.2, -0.15) is 8.42 Å². The lowest BCUT2D eigenvalue weighted by Crippen LogP contribution is -2.06. The Labute approximate surface area is 87.4 Å². The van der Waals surface area contributed by atoms with Crippen molar-refractivity contribution in [3.05, 3.63) is 29.3 Å². The molecule has 0 heterocycles. The molecule has 0 aliphatic rings. The zero-order chi connectivity index (χ0) is 11.5. The number of methoxy groups -OCH3 is 1. The van der Waals surface area contributed by atoms with E-state index in [2.05, 4.69) is 0 Å². The maximum atomic E-state index is 10.7. The summed E-state index contributed by atoms with van der Waals surface area (Å²) in [5.74, 6) is -0.373. The Morgan fingerprint density at radius 1 is 1.47 bits per heavy atom. The molecule has 0 aliphatic heterocycles. The van der Waals surface area contributed by atoms with E-state index in [9.17, 15) is 13.2 Å². The van der Waals surface area contributed by atoms with Crippen LogP contribution in [0.5, 0.6) is 5.75 Å². The number of rotatable bonds is 4. The predicted octanol–water partition coefficient (Wildman–Crippen LogP) is 0.895. The summed E-state index contributed by atoms with van der Waals surface area (Å²) in [4.78, 5) is 10.6. The van der Waals surface area contributed by atoms with Gasteiger partial charge in [-0.25, -0.2) is 0 Å². The molecule has 1 aromatic carbocycles. The van der Waals surface area contributed by atoms with Gasteiger partial charge >= 0.3 is 0 Å². The predicted molar refractivity (Wildman–Crippen MR) is 53.6 cm³/mol. The highest BCUT2D eigenvalue weighted by Crippen LogP contribution is 2.23. The highest BCUT2D eigenvalue weighted by atomic mass is 32.2. The van der Waals surface area contributed by atoms with Gasteiger partial charge in [-0.3, -0.25) is 9.35 Å². The normalized spacial score (nSPS) is 11.1. The molecule has 0 radical (unpaired) electrons. The van der Waals surface area contributed by atoms with Crippen molar-refractivity contribution in [1.82, 2.24) is 0 Å². The first-order valence-corrected chi connectivity index (χ1v) is 5.65. The van der Waals surface area contributed by atoms with Crippen molar-refractivity contribution in [1.29, 1.82) is 0 Å². The average Bonchev–Trinajstić information content (AvgIpc) is 2.16. The largest absolute Gasteiger partial charge is 0.496 e. The van der Waals surface area contributed by atoms with E-state index in [-0.39, 0.29) is 16.9 Å². The molecule has 0 spiro atoms. The SMILES string of the molecule is COc1cccc(C=O)c1CS(=O)(=O)O. The van der Waals surface area contributed by atoms with Crippen LogP contribution in [0.4, 0.5) is 0 Å². The maximum absolute atomic E-state index is 10.7. The van der Waals surface area contributed by atoms with E-state index in [0.29, 0.717) is 6.29 Å². The van der Waals surface area contributed by atoms with Crippen LogP contribution in [-0.4, -0.2) is 26.4 Å². The van der Waals surface area contributed by atoms with Crippen molar-refractivity contribution in [2.24, 2.45) is 0 Å². The molecule has 0 saturated carbocycles. The Morgan fingerprint density at radius 3 is 2.60 bits per heavy atom. The number of benzene rings is 1. The van der Waals surface area contributed by atoms with E-state index >= 15 is 0 Å². The molecule has 0 atom stereocenters. The first-order valence-electron chi connectivity index (χ1n) is 4.04. The van der Waals surface area contributed by atoms with Crippen molar-refractivity contribution in [2.45, 2.75) is 5.75 Å². The summed E-state index contributed by atoms with van der Waals surface area (Å²) in [5, 5.41) is 0. The highest BCUT2D eigenvalue weighted by molar-refractivity contribution is 7.85. The lowest BCUT2D eigenvalue weighted by molar-refractivity contribution is 0.112. The third kappa shape index (κ3) is 3.03. The Bertz CT molecular complexity index is 463. The molecule has 0 aliphatic carbocycles. The minimum Gasteiger partial charge on any atom is -0.496 e. The first kappa shape index (κ1) is 11.7. The summed E-state index contributed by atoms with van der Waals surface area (Å²) >= 11 is 0. The van der Waals surface area contributed by atoms with Crippen LogP contribution in [0.3, 0.4) is 0 Å². The van der Waals surface area contributed by atoms with E-state index in [1.54, 1.807) is 6.07 Å². The summed E-state index contributed by atoms with van der Waals surface area (Å²) in [5.41, 5.74) is 0.351. The van der Waals surface area contributed by atoms with Crippen molar-refractivity contribution in [2.75, 3.05) is 7.11 Å². The molecular formula is C9H10O5S. The summed E-state index contributed by atoms with van der Waals surface area (Å²) < 4.78 is 35.1. The second-order valence-corrected chi connectivity index (χ2v) is 4.32. The monoisotopic (exact) mass is 230 g/mol. The molecule has 0 aromatic heterocycles. The standard InChI is InChI=1S/C9H10O5S/c1-14-9-4-2-3-7(5-10)8(9)6-15(11,12)13/h2-5H,6H2,1H3,(H,11,12,13). The summed E-state index contributed by atoms with van der Waals surface area (Å²) in [6, 6.07) is 4.54. The second-order valence-electron chi connectivity index (χ2n) is 2.87. The van der Waals surface area contributed by atoms with Crippen LogP contribution in [0, 0.1) is 0 Å². The third-order valence-electron chi connectivity index (χ3n) is 1.84. The Morgan fingerprint density at radius 2 is 2.13 bits per heavy atom. The highest BCUT2D eigenvalue weighted by Gasteiger charge is 2.15. The van der Waals surface area contributed by atoms with Gasteiger partial charge in [0.25, 0.3) is 10.1 Å². The summed E-state index contributed by atoms with van der Waals surface area (Å²) in [6.07, 6.45) is 0.517. The van der Waals surface area contributed by atoms with Crippen molar-refractivity contribution in [3.8, 4) is 5.75 Å². The topological polar surface area (TPSA) is 80.7 Å². The number of hydrogen-bond donors (Lipinski definition) is 1. The molecule has 0 amide bonds. The molecule has 5 nitrogen and oxygen atoms in total. The number of hydrogen-bond acceptors (Lipinski definition) is 4. The van der Waals surface area contributed by atoms with Crippen LogP contribution in [0.1, 0.15) is 15.9 Å². The lowest BCUT2D eigenvalue weighted by atomic mass is 10.1. The van der Waals surface area contributed by atoms with E-state index in [4.69, 9.17) is 9.29 Å². The van der Waals surface area contributed by atoms with Crippen LogP contribution in [0.25, 0.3) is 0 Å². The van der Waals surface area contributed by atoms with Crippen LogP contribution < -0.4 is 4.74 Å². The van der Waals surface area contributed by atoms with E-state index in [1.807, 2.05) is 0 Å². The molecule has 1 aromatic rings. The van der Waals surface area contributed by atoms with Crippen LogP contribution in [0.15, 0.2) is 18.2 Å². The minimum absolute atomic E-state index is 0.164. The molecule has 82 valence electrons. The van der Waals surface area contributed by atoms with E-state index < -0.39 is 15.9 Å². The van der Waals surface area contributed by atoms with Crippen LogP contribution >= 0.6 is 0 Å². The number of ether oxygens (including phenoxy) is 1. The minimum atomic E-state index is -4.18. The average molecular weight is 230 g/mol. The Hall–Kier alpha value is -1.40. The van der Waals surface area contributed by atoms with E-state index in [0.717, 1.165) is 0 Å². The van der Waals surface area contributed by atoms with Gasteiger partial charge in [0.05, 0.1) is 7.11 Å². The van der Waals surface area contributed by atoms with Gasteiger partial charge in [-0.05, 0) is 6.07 Å². The van der Waals surface area contributed by atoms with Crippen molar-refractivity contribution < 1.29 is 22.5 Å². The third-order valence-corrected chi connectivity index (χ3v) is 2.50. The van der Waals surface area contributed by atoms with Gasteiger partial charge < -0.3 is 4.74 Å². The molecule has 1 rings (SSSR count). The number of aldehydes is 1. The Kier molecular flexibility index (Phi) is 3.43. The van der Waals surface area contributed by atoms with Gasteiger partial charge in [-0.1, -0.05) is 12.1 Å². The maximum Gasteiger partial charge on any atom is 0.269 e. The fraction of sp³-hybridized carbons (Fsp3) is 0.222. The molecule has 0 bridgehead atoms. The molecule has 0 unspecified atom stereocenters. The van der Waals surface area contributed by atoms with Gasteiger partial charge in [0.1, 0.15) is 17.8 Å². The Balaban J connectivity index is 3.28. The lowest BCUT2D eigenvalue weighted by Gasteiger charge is -2.08. The molecule has 15 heavy (non-hydrogen) atoms. The van der Waals surface area contributed by atoms with Crippen molar-refractivity contribution in [3.63, 3.8) is 0 Å². The quantitative estimate of drug-likeness (QED) is 0.613. The van der Waals surface area contributed by atoms with Crippen molar-refractivity contribution >= 4 is 16.4 Å². The smallest absolute Gasteiger partial charge is 0.269 e. The molecule has 1 N–H and O–H groups in total. The summed E-state index contributed by atoms with van der Waals surface area (Å²) in [6.45, 7) is 0. The van der Waals surface area contributed by atoms with Gasteiger partial charge in [-0.15, -0.1) is 0 Å². The van der Waals surface area contributed by atoms with E-state index in [1.165, 1.54) is 19.2 Å². The van der Waals surface area contributed by atoms with Gasteiger partial charge in [0, 0.05) is 11.1 Å². The molecule has 6 heteroatoms. The van der Waals surface area contributed by atoms with Gasteiger partial charge in [0.15, 0.2) is 0 Å². The fourth-order valence-electron chi connectivity index (χ4n) is 1.22. The van der Waals surface area contributed by atoms with Gasteiger partial charge in [0.2, 0.25) is 0 Å². The number of carbonyl (C=O) groups is 1. The van der Waals surface area contributed by atoms with Crippen LogP contribution in [0.2, 0.25) is 0 Å². The fourth-order valence-corrected chi connectivity index (χ4v) is 1.89. The van der Waals surface area contributed by atoms with Crippen LogP contribution in [-0.2, 0) is 15.9 Å². The summed E-state index contributed by atoms with van der Waals surface area (Å²) in [7, 11) is -2.82. The zero-order valence-electron chi connectivity index (χ0n) is 8.00. The number of carbonyl (C=O) groups excluding carboxylic acids is 1.